The molecule has 0 radical (unpaired) electrons. The van der Waals surface area contributed by atoms with Gasteiger partial charge in [0, 0.05) is 0 Å². The molecule has 0 saturated carbocycles. The summed E-state index contributed by atoms with van der Waals surface area (Å²) in [4.78, 5) is 1.29. The van der Waals surface area contributed by atoms with Crippen LogP contribution in [0.5, 0.6) is 0 Å². The first kappa shape index (κ1) is 7.98. The van der Waals surface area contributed by atoms with Gasteiger partial charge in [-0.05, 0) is 0 Å². The Morgan fingerprint density at radius 2 is 2.00 bits per heavy atom. The molecule has 0 heterocycles. The molecule has 0 saturated heterocycles. The van der Waals surface area contributed by atoms with Gasteiger partial charge in [-0.15, -0.1) is 5.10 Å². The number of nitrogens with one attached hydrogen (secondary N) is 1. The Labute approximate surface area is 51.6 Å². The van der Waals surface area contributed by atoms with E-state index in [9.17, 15) is 8.42 Å². The zero-order valence-corrected chi connectivity index (χ0v) is 5.09. The molecule has 0 amide bonds. The highest BCUT2D eigenvalue weighted by molar-refractivity contribution is 7.83. The summed E-state index contributed by atoms with van der Waals surface area (Å²) in [7, 11) is -4.32. The lowest BCUT2D eigenvalue weighted by atomic mass is 11.1. The van der Waals surface area contributed by atoms with Gasteiger partial charge in [-0.2, -0.15) is 13.2 Å². The first-order valence-corrected chi connectivity index (χ1v) is 3.18. The molecule has 0 unspecified atom stereocenters. The van der Waals surface area contributed by atoms with Gasteiger partial charge in [-0.1, -0.05) is 0 Å². The largest absolute Gasteiger partial charge is 0.372 e. The third-order valence-corrected chi connectivity index (χ3v) is 0.612. The fourth-order valence-electron chi connectivity index (χ4n) is 0.110. The lowest BCUT2D eigenvalue weighted by Gasteiger charge is -1.92. The lowest BCUT2D eigenvalue weighted by Crippen LogP contribution is -2.28. The molecule has 0 aromatic heterocycles. The van der Waals surface area contributed by atoms with E-state index in [-0.39, 0.29) is 0 Å². The molecule has 0 spiro atoms. The Hall–Kier alpha value is -1.02. The Bertz CT molecular complexity index is 200. The molecule has 0 atom stereocenters. The van der Waals surface area contributed by atoms with E-state index in [4.69, 9.17) is 4.55 Å². The molecule has 0 rings (SSSR count). The molecule has 0 aliphatic carbocycles. The summed E-state index contributed by atoms with van der Waals surface area (Å²) in [5.41, 5.74) is 9.38. The van der Waals surface area contributed by atoms with Crippen molar-refractivity contribution in [2.75, 3.05) is 0 Å². The number of nitrogens with zero attached hydrogens (tertiary/aromatic N) is 1. The van der Waals surface area contributed by atoms with Crippen LogP contribution in [0.4, 0.5) is 0 Å². The molecular formula is CH6N4O3S. The summed E-state index contributed by atoms with van der Waals surface area (Å²) >= 11 is 0. The highest BCUT2D eigenvalue weighted by Gasteiger charge is 1.97. The smallest absolute Gasteiger partial charge is 0.369 e. The minimum absolute atomic E-state index is 0.479. The normalized spacial score (nSPS) is 10.3. The van der Waals surface area contributed by atoms with E-state index in [1.165, 1.54) is 4.83 Å². The van der Waals surface area contributed by atoms with Crippen LogP contribution in [0.15, 0.2) is 5.10 Å². The SMILES string of the molecule is NC(N)=NNS(=O)(=O)O. The van der Waals surface area contributed by atoms with Crippen LogP contribution in [-0.4, -0.2) is 18.9 Å². The lowest BCUT2D eigenvalue weighted by molar-refractivity contribution is 0.469. The van der Waals surface area contributed by atoms with Crippen LogP contribution in [0.25, 0.3) is 0 Å². The summed E-state index contributed by atoms with van der Waals surface area (Å²) in [6.07, 6.45) is 0. The molecule has 6 N–H and O–H groups in total. The predicted molar refractivity (Wildman–Crippen MR) is 30.5 cm³/mol. The van der Waals surface area contributed by atoms with Crippen molar-refractivity contribution in [2.45, 2.75) is 0 Å². The Morgan fingerprint density at radius 1 is 1.56 bits per heavy atom. The predicted octanol–water partition coefficient (Wildman–Crippen LogP) is -2.43. The van der Waals surface area contributed by atoms with Crippen LogP contribution in [-0.2, 0) is 10.3 Å². The van der Waals surface area contributed by atoms with Crippen LogP contribution in [0.2, 0.25) is 0 Å². The molecule has 0 aromatic carbocycles. The number of nitrogens with two attached hydrogens (primary N) is 2. The summed E-state index contributed by atoms with van der Waals surface area (Å²) in [6.45, 7) is 0. The van der Waals surface area contributed by atoms with Crippen molar-refractivity contribution < 1.29 is 13.0 Å². The second kappa shape index (κ2) is 2.51. The van der Waals surface area contributed by atoms with Gasteiger partial charge in [-0.25, -0.2) is 0 Å². The van der Waals surface area contributed by atoms with Crippen molar-refractivity contribution in [1.29, 1.82) is 0 Å². The highest BCUT2D eigenvalue weighted by Crippen LogP contribution is 1.68. The standard InChI is InChI=1S/CH6N4O3S/c2-1(3)4-5-9(6,7)8/h5H,(H4,2,3,4)(H,6,7,8). The summed E-state index contributed by atoms with van der Waals surface area (Å²) in [5, 5.41) is 2.78. The van der Waals surface area contributed by atoms with Gasteiger partial charge >= 0.3 is 10.3 Å². The van der Waals surface area contributed by atoms with E-state index >= 15 is 0 Å². The van der Waals surface area contributed by atoms with Crippen molar-refractivity contribution in [1.82, 2.24) is 4.83 Å². The number of guanidine groups is 1. The van der Waals surface area contributed by atoms with Crippen LogP contribution < -0.4 is 16.3 Å². The summed E-state index contributed by atoms with van der Waals surface area (Å²) in [6, 6.07) is 0. The molecule has 0 bridgehead atoms. The average molecular weight is 154 g/mol. The van der Waals surface area contributed by atoms with Crippen molar-refractivity contribution in [3.05, 3.63) is 0 Å². The minimum Gasteiger partial charge on any atom is -0.369 e. The van der Waals surface area contributed by atoms with E-state index in [0.29, 0.717) is 0 Å². The third kappa shape index (κ3) is 6.98. The zero-order chi connectivity index (χ0) is 7.49. The first-order valence-electron chi connectivity index (χ1n) is 1.74. The van der Waals surface area contributed by atoms with Gasteiger partial charge in [-0.3, -0.25) is 4.55 Å². The fraction of sp³-hybridized carbons (Fsp3) is 0. The number of rotatable bonds is 2. The first-order chi connectivity index (χ1) is 3.92. The molecule has 7 nitrogen and oxygen atoms in total. The Morgan fingerprint density at radius 3 is 2.11 bits per heavy atom. The van der Waals surface area contributed by atoms with Crippen molar-refractivity contribution in [3.8, 4) is 0 Å². The second-order valence-corrected chi connectivity index (χ2v) is 2.24. The van der Waals surface area contributed by atoms with Crippen molar-refractivity contribution in [2.24, 2.45) is 16.6 Å². The van der Waals surface area contributed by atoms with Gasteiger partial charge in [0.15, 0.2) is 0 Å². The minimum atomic E-state index is -4.32. The van der Waals surface area contributed by atoms with Crippen molar-refractivity contribution >= 4 is 16.3 Å². The monoisotopic (exact) mass is 154 g/mol. The van der Waals surface area contributed by atoms with Gasteiger partial charge in [0.25, 0.3) is 0 Å². The number of hydrogen-bond acceptors (Lipinski definition) is 3. The molecule has 9 heavy (non-hydrogen) atoms. The molecule has 0 fully saturated rings. The molecule has 0 aromatic rings. The second-order valence-electron chi connectivity index (χ2n) is 1.10. The maximum Gasteiger partial charge on any atom is 0.372 e. The quantitative estimate of drug-likeness (QED) is 0.152. The maximum absolute atomic E-state index is 9.76. The van der Waals surface area contributed by atoms with Crippen LogP contribution in [0, 0.1) is 0 Å². The van der Waals surface area contributed by atoms with Crippen LogP contribution >= 0.6 is 0 Å². The van der Waals surface area contributed by atoms with Crippen LogP contribution in [0.1, 0.15) is 0 Å². The fourth-order valence-corrected chi connectivity index (χ4v) is 0.331. The molecule has 0 aliphatic rings. The summed E-state index contributed by atoms with van der Waals surface area (Å²) in [5.74, 6) is -0.479. The van der Waals surface area contributed by atoms with E-state index in [2.05, 4.69) is 16.6 Å². The molecular weight excluding hydrogens is 148 g/mol. The molecule has 8 heteroatoms. The summed E-state index contributed by atoms with van der Waals surface area (Å²) < 4.78 is 27.4. The topological polar surface area (TPSA) is 131 Å². The molecule has 0 aliphatic heterocycles. The Balaban J connectivity index is 3.95. The van der Waals surface area contributed by atoms with Gasteiger partial charge < -0.3 is 11.5 Å². The van der Waals surface area contributed by atoms with Crippen molar-refractivity contribution in [3.63, 3.8) is 0 Å². The van der Waals surface area contributed by atoms with Gasteiger partial charge in [0.1, 0.15) is 0 Å². The zero-order valence-electron chi connectivity index (χ0n) is 4.27. The molecule has 54 valence electrons. The third-order valence-electron chi connectivity index (χ3n) is 0.290. The van der Waals surface area contributed by atoms with E-state index in [1.807, 2.05) is 0 Å². The van der Waals surface area contributed by atoms with E-state index < -0.39 is 16.3 Å². The van der Waals surface area contributed by atoms with Gasteiger partial charge in [0.05, 0.1) is 0 Å². The number of hydrogen-bond donors (Lipinski definition) is 4. The highest BCUT2D eigenvalue weighted by atomic mass is 32.2. The van der Waals surface area contributed by atoms with E-state index in [0.717, 1.165) is 0 Å². The van der Waals surface area contributed by atoms with E-state index in [1.54, 1.807) is 0 Å². The van der Waals surface area contributed by atoms with Gasteiger partial charge in [0.2, 0.25) is 5.96 Å². The Kier molecular flexibility index (Phi) is 2.22. The maximum atomic E-state index is 9.76. The number of hydrazone groups is 1. The van der Waals surface area contributed by atoms with Crippen LogP contribution in [0.3, 0.4) is 0 Å². The average Bonchev–Trinajstić information content (AvgIpc) is 1.59.